The summed E-state index contributed by atoms with van der Waals surface area (Å²) in [6.07, 6.45) is 1.95. The first-order valence-electron chi connectivity index (χ1n) is 13.1. The highest BCUT2D eigenvalue weighted by atomic mass is 16.6. The lowest BCUT2D eigenvalue weighted by atomic mass is 10.2. The van der Waals surface area contributed by atoms with E-state index in [0.717, 1.165) is 10.7 Å². The summed E-state index contributed by atoms with van der Waals surface area (Å²) in [5.41, 5.74) is -0.828. The molecule has 3 aromatic heterocycles. The Kier molecular flexibility index (Phi) is 9.65. The van der Waals surface area contributed by atoms with E-state index >= 15 is 0 Å². The number of carboxylic acid groups (broad SMARTS) is 1. The number of alkyl carbamates (subject to hydrolysis) is 1. The number of ether oxygens (including phenoxy) is 4. The lowest BCUT2D eigenvalue weighted by Crippen LogP contribution is -2.34. The van der Waals surface area contributed by atoms with Gasteiger partial charge in [-0.3, -0.25) is 4.90 Å². The summed E-state index contributed by atoms with van der Waals surface area (Å²) < 4.78 is 22.9. The normalized spacial score (nSPS) is 11.5. The predicted molar refractivity (Wildman–Crippen MR) is 153 cm³/mol. The molecule has 3 rings (SSSR count). The summed E-state index contributed by atoms with van der Waals surface area (Å²) >= 11 is 0. The van der Waals surface area contributed by atoms with E-state index in [0.29, 0.717) is 24.4 Å². The number of hydrogen-bond acceptors (Lipinski definition) is 11. The number of carbonyl (C=O) groups excluding carboxylic acids is 2. The molecule has 2 amide bonds. The Hall–Kier alpha value is -4.82. The number of anilines is 3. The zero-order valence-electron chi connectivity index (χ0n) is 25.0. The SMILES string of the molecule is COc1ncc(OCCCNC(=O)OC(C)(C)C)cc1Nc1cc(N(C)C(=O)OC(C)(C)C)c2ncc(C(=O)O)n2n1. The smallest absolute Gasteiger partial charge is 0.414 e. The van der Waals surface area contributed by atoms with Gasteiger partial charge in [0.15, 0.2) is 17.2 Å². The van der Waals surface area contributed by atoms with E-state index < -0.39 is 29.4 Å². The average Bonchev–Trinajstić information content (AvgIpc) is 3.30. The fourth-order valence-corrected chi connectivity index (χ4v) is 3.50. The zero-order chi connectivity index (χ0) is 31.2. The largest absolute Gasteiger partial charge is 0.492 e. The molecule has 0 aliphatic heterocycles. The van der Waals surface area contributed by atoms with E-state index in [2.05, 4.69) is 25.7 Å². The highest BCUT2D eigenvalue weighted by Gasteiger charge is 2.25. The standard InChI is InChI=1S/C27H37N7O8/c1-26(2,3)41-24(37)28-10-9-11-40-16-12-17(22(39-8)30-14-16)31-20-13-18(33(7)25(38)42-27(4,5)6)21-29-15-19(23(35)36)34(21)32-20/h12-15H,9-11H2,1-8H3,(H,28,37)(H,31,32)(H,35,36). The minimum absolute atomic E-state index is 0.133. The summed E-state index contributed by atoms with van der Waals surface area (Å²) in [5.74, 6) is -0.486. The third kappa shape index (κ3) is 8.59. The summed E-state index contributed by atoms with van der Waals surface area (Å²) in [6, 6.07) is 3.15. The molecule has 0 spiro atoms. The van der Waals surface area contributed by atoms with Gasteiger partial charge in [0.25, 0.3) is 0 Å². The Morgan fingerprint density at radius 1 is 1.02 bits per heavy atom. The molecule has 15 heteroatoms. The Labute approximate surface area is 243 Å². The van der Waals surface area contributed by atoms with Crippen LogP contribution in [0.1, 0.15) is 58.5 Å². The van der Waals surface area contributed by atoms with Crippen LogP contribution in [0, 0.1) is 0 Å². The molecule has 228 valence electrons. The molecule has 0 aromatic carbocycles. The second-order valence-corrected chi connectivity index (χ2v) is 11.1. The van der Waals surface area contributed by atoms with Gasteiger partial charge >= 0.3 is 18.2 Å². The van der Waals surface area contributed by atoms with Crippen LogP contribution in [0.25, 0.3) is 5.65 Å². The van der Waals surface area contributed by atoms with E-state index in [1.54, 1.807) is 47.6 Å². The molecule has 42 heavy (non-hydrogen) atoms. The molecule has 0 aliphatic rings. The number of imidazole rings is 1. The second-order valence-electron chi connectivity index (χ2n) is 11.1. The van der Waals surface area contributed by atoms with Crippen LogP contribution in [0.3, 0.4) is 0 Å². The highest BCUT2D eigenvalue weighted by Crippen LogP contribution is 2.31. The van der Waals surface area contributed by atoms with Crippen molar-refractivity contribution < 1.29 is 38.4 Å². The molecular weight excluding hydrogens is 550 g/mol. The van der Waals surface area contributed by atoms with E-state index in [4.69, 9.17) is 18.9 Å². The molecule has 3 N–H and O–H groups in total. The summed E-state index contributed by atoms with van der Waals surface area (Å²) in [7, 11) is 2.92. The Bertz CT molecular complexity index is 1440. The maximum Gasteiger partial charge on any atom is 0.414 e. The highest BCUT2D eigenvalue weighted by molar-refractivity contribution is 5.94. The molecule has 0 saturated heterocycles. The number of nitrogens with one attached hydrogen (secondary N) is 2. The van der Waals surface area contributed by atoms with Crippen molar-refractivity contribution in [3.8, 4) is 11.6 Å². The van der Waals surface area contributed by atoms with Crippen LogP contribution >= 0.6 is 0 Å². The van der Waals surface area contributed by atoms with Crippen LogP contribution in [0.15, 0.2) is 24.5 Å². The van der Waals surface area contributed by atoms with Gasteiger partial charge < -0.3 is 34.7 Å². The summed E-state index contributed by atoms with van der Waals surface area (Å²) in [4.78, 5) is 46.1. The van der Waals surface area contributed by atoms with Crippen LogP contribution < -0.4 is 25.0 Å². The lowest BCUT2D eigenvalue weighted by molar-refractivity contribution is 0.0523. The molecule has 0 aliphatic carbocycles. The first-order chi connectivity index (χ1) is 19.6. The maximum atomic E-state index is 12.8. The lowest BCUT2D eigenvalue weighted by Gasteiger charge is -2.25. The number of aromatic carboxylic acids is 1. The van der Waals surface area contributed by atoms with E-state index in [9.17, 15) is 19.5 Å². The molecule has 0 radical (unpaired) electrons. The number of hydrogen-bond donors (Lipinski definition) is 3. The number of nitrogens with zero attached hydrogens (tertiary/aromatic N) is 5. The van der Waals surface area contributed by atoms with E-state index in [1.165, 1.54) is 31.3 Å². The molecule has 0 fully saturated rings. The van der Waals surface area contributed by atoms with Crippen molar-refractivity contribution in [1.29, 1.82) is 0 Å². The molecule has 0 atom stereocenters. The molecule has 0 unspecified atom stereocenters. The van der Waals surface area contributed by atoms with Crippen molar-refractivity contribution >= 4 is 41.0 Å². The topological polar surface area (TPSA) is 179 Å². The minimum atomic E-state index is -1.26. The third-order valence-electron chi connectivity index (χ3n) is 5.24. The Morgan fingerprint density at radius 2 is 1.71 bits per heavy atom. The van der Waals surface area contributed by atoms with Gasteiger partial charge in [0.2, 0.25) is 5.88 Å². The van der Waals surface area contributed by atoms with Crippen LogP contribution in [0.4, 0.5) is 26.8 Å². The van der Waals surface area contributed by atoms with Gasteiger partial charge in [-0.05, 0) is 48.0 Å². The number of aromatic nitrogens is 4. The monoisotopic (exact) mass is 587 g/mol. The van der Waals surface area contributed by atoms with Crippen LogP contribution in [-0.4, -0.2) is 81.4 Å². The quantitative estimate of drug-likeness (QED) is 0.288. The van der Waals surface area contributed by atoms with Crippen LogP contribution in [-0.2, 0) is 9.47 Å². The number of amides is 2. The van der Waals surface area contributed by atoms with E-state index in [1.807, 2.05) is 0 Å². The van der Waals surface area contributed by atoms with E-state index in [-0.39, 0.29) is 35.3 Å². The number of pyridine rings is 1. The van der Waals surface area contributed by atoms with Crippen LogP contribution in [0.5, 0.6) is 11.6 Å². The van der Waals surface area contributed by atoms with Gasteiger partial charge in [0, 0.05) is 25.7 Å². The molecule has 15 nitrogen and oxygen atoms in total. The number of carboxylic acids is 1. The summed E-state index contributed by atoms with van der Waals surface area (Å²) in [6.45, 7) is 11.2. The molecular formula is C27H37N7O8. The molecule has 0 bridgehead atoms. The van der Waals surface area contributed by atoms with Gasteiger partial charge in [-0.1, -0.05) is 0 Å². The van der Waals surface area contributed by atoms with Crippen molar-refractivity contribution in [2.45, 2.75) is 59.2 Å². The van der Waals surface area contributed by atoms with Crippen molar-refractivity contribution in [1.82, 2.24) is 24.9 Å². The Balaban J connectivity index is 1.83. The number of rotatable bonds is 10. The second kappa shape index (κ2) is 12.8. The molecule has 0 saturated carbocycles. The van der Waals surface area contributed by atoms with Crippen molar-refractivity contribution in [2.75, 3.05) is 37.5 Å². The zero-order valence-corrected chi connectivity index (χ0v) is 25.0. The number of carbonyl (C=O) groups is 3. The first kappa shape index (κ1) is 31.7. The minimum Gasteiger partial charge on any atom is -0.492 e. The van der Waals surface area contributed by atoms with Gasteiger partial charge in [-0.25, -0.2) is 28.9 Å². The van der Waals surface area contributed by atoms with Crippen molar-refractivity contribution in [3.05, 3.63) is 30.2 Å². The average molecular weight is 588 g/mol. The fourth-order valence-electron chi connectivity index (χ4n) is 3.50. The first-order valence-corrected chi connectivity index (χ1v) is 13.1. The summed E-state index contributed by atoms with van der Waals surface area (Å²) in [5, 5.41) is 19.8. The van der Waals surface area contributed by atoms with Crippen LogP contribution in [0.2, 0.25) is 0 Å². The van der Waals surface area contributed by atoms with Crippen molar-refractivity contribution in [3.63, 3.8) is 0 Å². The molecule has 3 heterocycles. The number of fused-ring (bicyclic) bond motifs is 1. The third-order valence-corrected chi connectivity index (χ3v) is 5.24. The van der Waals surface area contributed by atoms with Gasteiger partial charge in [-0.15, -0.1) is 5.10 Å². The fraction of sp³-hybridized carbons (Fsp3) is 0.481. The maximum absolute atomic E-state index is 12.8. The van der Waals surface area contributed by atoms with Gasteiger partial charge in [0.05, 0.1) is 31.8 Å². The Morgan fingerprint density at radius 3 is 2.33 bits per heavy atom. The number of methoxy groups -OCH3 is 1. The van der Waals surface area contributed by atoms with Gasteiger partial charge in [0.1, 0.15) is 22.6 Å². The van der Waals surface area contributed by atoms with Crippen molar-refractivity contribution in [2.24, 2.45) is 0 Å². The molecule has 3 aromatic rings. The van der Waals surface area contributed by atoms with Gasteiger partial charge in [-0.2, -0.15) is 0 Å². The predicted octanol–water partition coefficient (Wildman–Crippen LogP) is 4.24.